The fraction of sp³-hybridized carbons (Fsp3) is 0.660. The summed E-state index contributed by atoms with van der Waals surface area (Å²) < 4.78 is 10.6. The summed E-state index contributed by atoms with van der Waals surface area (Å²) in [6.45, 7) is 3.96. The van der Waals surface area contributed by atoms with Crippen molar-refractivity contribution in [2.24, 2.45) is 0 Å². The summed E-state index contributed by atoms with van der Waals surface area (Å²) >= 11 is 0. The number of allylic oxidation sites excluding steroid dienone is 14. The maximum Gasteiger partial charge on any atom is 0.306 e. The molecule has 0 fully saturated rings. The van der Waals surface area contributed by atoms with Crippen LogP contribution in [0.1, 0.15) is 181 Å². The Labute approximate surface area is 320 Å². The van der Waals surface area contributed by atoms with E-state index in [9.17, 15) is 14.7 Å². The first-order valence-corrected chi connectivity index (χ1v) is 21.1. The lowest BCUT2D eigenvalue weighted by atomic mass is 10.1. The second-order valence-corrected chi connectivity index (χ2v) is 13.7. The van der Waals surface area contributed by atoms with E-state index in [1.807, 2.05) is 0 Å². The third-order valence-electron chi connectivity index (χ3n) is 8.67. The Morgan fingerprint density at radius 2 is 0.827 bits per heavy atom. The number of carbonyl (C=O) groups is 2. The third-order valence-corrected chi connectivity index (χ3v) is 8.67. The largest absolute Gasteiger partial charge is 0.462 e. The summed E-state index contributed by atoms with van der Waals surface area (Å²) in [6, 6.07) is 0. The minimum Gasteiger partial charge on any atom is -0.462 e. The Balaban J connectivity index is 3.63. The number of aliphatic hydroxyl groups excluding tert-OH is 1. The molecule has 0 aliphatic rings. The second-order valence-electron chi connectivity index (χ2n) is 13.7. The van der Waals surface area contributed by atoms with Crippen LogP contribution in [0.2, 0.25) is 0 Å². The van der Waals surface area contributed by atoms with Crippen molar-refractivity contribution in [3.8, 4) is 0 Å². The quantitative estimate of drug-likeness (QED) is 0.0393. The molecule has 0 saturated heterocycles. The number of unbranched alkanes of at least 4 members (excludes halogenated alkanes) is 15. The summed E-state index contributed by atoms with van der Waals surface area (Å²) in [5.74, 6) is -0.654. The molecule has 5 heteroatoms. The summed E-state index contributed by atoms with van der Waals surface area (Å²) in [5.41, 5.74) is 0. The van der Waals surface area contributed by atoms with Crippen LogP contribution in [0.25, 0.3) is 0 Å². The van der Waals surface area contributed by atoms with Gasteiger partial charge in [-0.1, -0.05) is 163 Å². The molecule has 0 aromatic carbocycles. The van der Waals surface area contributed by atoms with E-state index in [1.54, 1.807) is 0 Å². The van der Waals surface area contributed by atoms with Crippen molar-refractivity contribution in [3.63, 3.8) is 0 Å². The highest BCUT2D eigenvalue weighted by Crippen LogP contribution is 2.12. The zero-order valence-electron chi connectivity index (χ0n) is 33.5. The topological polar surface area (TPSA) is 72.8 Å². The Hall–Kier alpha value is -2.92. The minimum atomic E-state index is -0.801. The molecule has 0 aliphatic heterocycles. The number of rotatable bonds is 37. The minimum absolute atomic E-state index is 0.0914. The number of ether oxygens (including phenoxy) is 2. The van der Waals surface area contributed by atoms with Crippen LogP contribution in [-0.4, -0.2) is 36.4 Å². The van der Waals surface area contributed by atoms with Crippen molar-refractivity contribution in [2.75, 3.05) is 13.2 Å². The van der Waals surface area contributed by atoms with E-state index in [1.165, 1.54) is 70.6 Å². The summed E-state index contributed by atoms with van der Waals surface area (Å²) in [5, 5.41) is 9.56. The van der Waals surface area contributed by atoms with Crippen molar-refractivity contribution in [3.05, 3.63) is 85.1 Å². The molecule has 5 nitrogen and oxygen atoms in total. The van der Waals surface area contributed by atoms with Gasteiger partial charge in [0.05, 0.1) is 6.61 Å². The van der Waals surface area contributed by atoms with Gasteiger partial charge in [-0.3, -0.25) is 9.59 Å². The zero-order chi connectivity index (χ0) is 37.8. The lowest BCUT2D eigenvalue weighted by molar-refractivity contribution is -0.161. The molecule has 1 N–H and O–H groups in total. The molecule has 0 rings (SSSR count). The van der Waals surface area contributed by atoms with Gasteiger partial charge in [-0.05, 0) is 89.9 Å². The number of esters is 2. The van der Waals surface area contributed by atoms with E-state index in [4.69, 9.17) is 9.47 Å². The summed E-state index contributed by atoms with van der Waals surface area (Å²) in [4.78, 5) is 24.3. The number of hydrogen-bond donors (Lipinski definition) is 1. The molecule has 0 radical (unpaired) electrons. The molecule has 0 spiro atoms. The van der Waals surface area contributed by atoms with Crippen molar-refractivity contribution in [1.82, 2.24) is 0 Å². The summed E-state index contributed by atoms with van der Waals surface area (Å²) in [6.07, 6.45) is 57.9. The van der Waals surface area contributed by atoms with E-state index in [-0.39, 0.29) is 25.2 Å². The van der Waals surface area contributed by atoms with E-state index in [0.29, 0.717) is 12.8 Å². The van der Waals surface area contributed by atoms with Gasteiger partial charge in [-0.15, -0.1) is 0 Å². The average molecular weight is 723 g/mol. The fourth-order valence-corrected chi connectivity index (χ4v) is 5.49. The normalized spacial score (nSPS) is 13.1. The predicted octanol–water partition coefficient (Wildman–Crippen LogP) is 13.5. The van der Waals surface area contributed by atoms with Gasteiger partial charge in [0.2, 0.25) is 0 Å². The van der Waals surface area contributed by atoms with Gasteiger partial charge in [0.1, 0.15) is 6.61 Å². The Bertz CT molecular complexity index is 999. The van der Waals surface area contributed by atoms with Gasteiger partial charge in [0.25, 0.3) is 0 Å². The molecule has 1 unspecified atom stereocenters. The molecule has 296 valence electrons. The van der Waals surface area contributed by atoms with Crippen LogP contribution in [0.4, 0.5) is 0 Å². The maximum atomic E-state index is 12.2. The predicted molar refractivity (Wildman–Crippen MR) is 223 cm³/mol. The molecule has 0 heterocycles. The highest BCUT2D eigenvalue weighted by molar-refractivity contribution is 5.70. The first-order chi connectivity index (χ1) is 25.6. The van der Waals surface area contributed by atoms with Crippen LogP contribution < -0.4 is 0 Å². The van der Waals surface area contributed by atoms with Crippen LogP contribution in [0.15, 0.2) is 85.1 Å². The highest BCUT2D eigenvalue weighted by Gasteiger charge is 2.16. The Morgan fingerprint density at radius 3 is 1.29 bits per heavy atom. The lowest BCUT2D eigenvalue weighted by Gasteiger charge is -2.15. The SMILES string of the molecule is CC/C=C\C/C=C\C/C=C\C/C=C\CCCCC(=O)OC(CO)COC(=O)CCCCCCCCCC/C=C\C/C=C\C/C=C\CCCCCCC. The third kappa shape index (κ3) is 39.9. The first-order valence-electron chi connectivity index (χ1n) is 21.1. The van der Waals surface area contributed by atoms with E-state index in [2.05, 4.69) is 98.9 Å². The molecular formula is C47H78O5. The molecular weight excluding hydrogens is 645 g/mol. The standard InChI is InChI=1S/C47H78O5/c1-3-5-7-9-11-13-15-17-19-20-21-22-23-24-25-26-28-29-31-33-35-37-39-41-46(49)51-44-45(43-48)52-47(50)42-40-38-36-34-32-30-27-18-16-14-12-10-8-6-4-2/h6,8,12,14-15,17-18,20-21,23-24,27,32,34,45,48H,3-5,7,9-11,13,16,19,22,25-26,28-31,33,35-44H2,1-2H3/b8-6-,14-12-,17-15-,21-20-,24-23-,27-18-,34-32-. The second kappa shape index (κ2) is 42.5. The Kier molecular flexibility index (Phi) is 40.1. The van der Waals surface area contributed by atoms with Crippen LogP contribution >= 0.6 is 0 Å². The lowest BCUT2D eigenvalue weighted by Crippen LogP contribution is -2.28. The number of aliphatic hydroxyl groups is 1. The molecule has 0 saturated carbocycles. The molecule has 0 bridgehead atoms. The molecule has 0 amide bonds. The average Bonchev–Trinajstić information content (AvgIpc) is 3.15. The van der Waals surface area contributed by atoms with Crippen LogP contribution in [0, 0.1) is 0 Å². The van der Waals surface area contributed by atoms with E-state index >= 15 is 0 Å². The Morgan fingerprint density at radius 1 is 0.462 bits per heavy atom. The molecule has 0 aromatic rings. The summed E-state index contributed by atoms with van der Waals surface area (Å²) in [7, 11) is 0. The fourth-order valence-electron chi connectivity index (χ4n) is 5.49. The maximum absolute atomic E-state index is 12.2. The van der Waals surface area contributed by atoms with Gasteiger partial charge in [-0.25, -0.2) is 0 Å². The first kappa shape index (κ1) is 49.1. The number of carbonyl (C=O) groups excluding carboxylic acids is 2. The zero-order valence-corrected chi connectivity index (χ0v) is 33.5. The van der Waals surface area contributed by atoms with E-state index in [0.717, 1.165) is 83.5 Å². The highest BCUT2D eigenvalue weighted by atomic mass is 16.6. The van der Waals surface area contributed by atoms with Crippen molar-refractivity contribution in [1.29, 1.82) is 0 Å². The van der Waals surface area contributed by atoms with Crippen LogP contribution in [0.3, 0.4) is 0 Å². The van der Waals surface area contributed by atoms with Gasteiger partial charge in [0.15, 0.2) is 6.10 Å². The number of hydrogen-bond acceptors (Lipinski definition) is 5. The van der Waals surface area contributed by atoms with Gasteiger partial charge < -0.3 is 14.6 Å². The monoisotopic (exact) mass is 723 g/mol. The van der Waals surface area contributed by atoms with Crippen LogP contribution in [0.5, 0.6) is 0 Å². The van der Waals surface area contributed by atoms with E-state index < -0.39 is 6.10 Å². The van der Waals surface area contributed by atoms with Gasteiger partial charge in [-0.2, -0.15) is 0 Å². The smallest absolute Gasteiger partial charge is 0.306 e. The molecule has 52 heavy (non-hydrogen) atoms. The molecule has 1 atom stereocenters. The van der Waals surface area contributed by atoms with Crippen molar-refractivity contribution >= 4 is 11.9 Å². The van der Waals surface area contributed by atoms with Crippen molar-refractivity contribution < 1.29 is 24.2 Å². The van der Waals surface area contributed by atoms with Gasteiger partial charge in [0, 0.05) is 12.8 Å². The van der Waals surface area contributed by atoms with Gasteiger partial charge >= 0.3 is 11.9 Å². The van der Waals surface area contributed by atoms with Crippen molar-refractivity contribution in [2.45, 2.75) is 187 Å². The molecule has 0 aliphatic carbocycles. The molecule has 0 aromatic heterocycles. The van der Waals surface area contributed by atoms with Crippen LogP contribution in [-0.2, 0) is 19.1 Å².